The molecule has 1 fully saturated rings. The number of aromatic nitrogens is 1. The molecule has 0 unspecified atom stereocenters. The van der Waals surface area contributed by atoms with Crippen LogP contribution in [0.4, 0.5) is 0 Å². The predicted molar refractivity (Wildman–Crippen MR) is 76.4 cm³/mol. The number of rotatable bonds is 2. The van der Waals surface area contributed by atoms with Gasteiger partial charge in [-0.2, -0.15) is 0 Å². The zero-order valence-corrected chi connectivity index (χ0v) is 12.2. The average molecular weight is 289 g/mol. The number of hydrogen-bond donors (Lipinski definition) is 0. The molecule has 7 heteroatoms. The van der Waals surface area contributed by atoms with E-state index in [9.17, 15) is 4.79 Å². The van der Waals surface area contributed by atoms with E-state index in [0.717, 1.165) is 5.46 Å². The Hall–Kier alpha value is -1.86. The summed E-state index contributed by atoms with van der Waals surface area (Å²) in [5, 5.41) is 4.50. The van der Waals surface area contributed by atoms with E-state index in [0.29, 0.717) is 24.1 Å². The van der Waals surface area contributed by atoms with Crippen LogP contribution in [-0.2, 0) is 14.0 Å². The van der Waals surface area contributed by atoms with Gasteiger partial charge < -0.3 is 18.6 Å². The van der Waals surface area contributed by atoms with Crippen LogP contribution in [0, 0.1) is 5.41 Å². The Morgan fingerprint density at radius 1 is 1.33 bits per heavy atom. The molecule has 3 rings (SSSR count). The van der Waals surface area contributed by atoms with Crippen molar-refractivity contribution in [2.24, 2.45) is 5.41 Å². The molecule has 1 saturated heterocycles. The highest BCUT2D eigenvalue weighted by Crippen LogP contribution is 2.23. The lowest BCUT2D eigenvalue weighted by molar-refractivity contribution is 0.0343. The molecule has 0 spiro atoms. The van der Waals surface area contributed by atoms with Gasteiger partial charge in [0.15, 0.2) is 0 Å². The van der Waals surface area contributed by atoms with Gasteiger partial charge in [-0.3, -0.25) is 0 Å². The van der Waals surface area contributed by atoms with Crippen LogP contribution in [0.15, 0.2) is 22.7 Å². The average Bonchev–Trinajstić information content (AvgIpc) is 2.89. The lowest BCUT2D eigenvalue weighted by Gasteiger charge is -2.33. The Balaban J connectivity index is 1.87. The Kier molecular flexibility index (Phi) is 3.47. The fraction of sp³-hybridized carbons (Fsp3) is 0.429. The molecule has 0 saturated carbocycles. The van der Waals surface area contributed by atoms with Crippen LogP contribution in [0.3, 0.4) is 0 Å². The molecule has 6 nitrogen and oxygen atoms in total. The Morgan fingerprint density at radius 2 is 2.05 bits per heavy atom. The fourth-order valence-corrected chi connectivity index (χ4v) is 2.23. The van der Waals surface area contributed by atoms with Crippen molar-refractivity contribution in [1.82, 2.24) is 5.16 Å². The van der Waals surface area contributed by atoms with Gasteiger partial charge in [-0.25, -0.2) is 4.79 Å². The molecule has 1 aliphatic rings. The van der Waals surface area contributed by atoms with Gasteiger partial charge in [-0.15, -0.1) is 0 Å². The van der Waals surface area contributed by atoms with Gasteiger partial charge in [0.1, 0.15) is 5.52 Å². The number of hydrogen-bond acceptors (Lipinski definition) is 6. The number of esters is 1. The third kappa shape index (κ3) is 2.66. The smallest absolute Gasteiger partial charge is 0.463 e. The van der Waals surface area contributed by atoms with Gasteiger partial charge in [0, 0.05) is 18.6 Å². The standard InChI is InChI=1S/C14H16BNO5/c1-14(2)7-19-15(20-8-14)9-4-5-10-11(6-9)16-21-12(10)13(17)18-3/h4-6H,7-8H2,1-3H3. The van der Waals surface area contributed by atoms with Crippen molar-refractivity contribution in [1.29, 1.82) is 0 Å². The van der Waals surface area contributed by atoms with Crippen LogP contribution in [0.5, 0.6) is 0 Å². The van der Waals surface area contributed by atoms with Crippen molar-refractivity contribution in [3.8, 4) is 0 Å². The molecule has 1 aromatic carbocycles. The zero-order valence-electron chi connectivity index (χ0n) is 12.2. The minimum absolute atomic E-state index is 0.0204. The van der Waals surface area contributed by atoms with E-state index in [4.69, 9.17) is 13.8 Å². The molecule has 2 heterocycles. The Morgan fingerprint density at radius 3 is 2.71 bits per heavy atom. The number of carbonyl (C=O) groups is 1. The summed E-state index contributed by atoms with van der Waals surface area (Å²) in [6.45, 7) is 5.43. The van der Waals surface area contributed by atoms with Gasteiger partial charge in [0.2, 0.25) is 0 Å². The third-order valence-electron chi connectivity index (χ3n) is 3.40. The number of fused-ring (bicyclic) bond motifs is 1. The molecule has 0 N–H and O–H groups in total. The minimum Gasteiger partial charge on any atom is -0.463 e. The van der Waals surface area contributed by atoms with E-state index < -0.39 is 13.1 Å². The third-order valence-corrected chi connectivity index (χ3v) is 3.40. The van der Waals surface area contributed by atoms with Crippen molar-refractivity contribution >= 4 is 29.5 Å². The maximum absolute atomic E-state index is 11.5. The molecule has 0 bridgehead atoms. The van der Waals surface area contributed by atoms with E-state index >= 15 is 0 Å². The molecule has 1 aromatic heterocycles. The van der Waals surface area contributed by atoms with Gasteiger partial charge in [-0.05, 0) is 17.6 Å². The maximum Gasteiger partial charge on any atom is 0.493 e. The number of methoxy groups -OCH3 is 1. The second-order valence-electron chi connectivity index (χ2n) is 5.90. The van der Waals surface area contributed by atoms with E-state index in [-0.39, 0.29) is 11.2 Å². The van der Waals surface area contributed by atoms with Crippen molar-refractivity contribution in [3.05, 3.63) is 24.0 Å². The highest BCUT2D eigenvalue weighted by atomic mass is 16.6. The summed E-state index contributed by atoms with van der Waals surface area (Å²) in [6, 6.07) is 5.41. The highest BCUT2D eigenvalue weighted by Gasteiger charge is 2.33. The van der Waals surface area contributed by atoms with Crippen LogP contribution in [0.2, 0.25) is 0 Å². The van der Waals surface area contributed by atoms with Gasteiger partial charge in [0.25, 0.3) is 5.76 Å². The number of nitrogens with zero attached hydrogens (tertiary/aromatic N) is 1. The summed E-state index contributed by atoms with van der Waals surface area (Å²) in [4.78, 5) is 11.5. The molecular weight excluding hydrogens is 273 g/mol. The minimum atomic E-state index is -0.544. The lowest BCUT2D eigenvalue weighted by Crippen LogP contribution is -2.47. The SMILES string of the molecule is COC(=O)c1onc2cc(B3OCC(C)(C)CO3)ccc12. The molecule has 0 atom stereocenters. The number of ether oxygens (including phenoxy) is 1. The monoisotopic (exact) mass is 289 g/mol. The summed E-state index contributed by atoms with van der Waals surface area (Å²) in [5.41, 5.74) is 1.44. The van der Waals surface area contributed by atoms with Crippen LogP contribution in [-0.4, -0.2) is 38.6 Å². The molecule has 0 radical (unpaired) electrons. The van der Waals surface area contributed by atoms with Crippen molar-refractivity contribution in [2.45, 2.75) is 13.8 Å². The molecule has 110 valence electrons. The number of carbonyl (C=O) groups excluding carboxylic acids is 1. The van der Waals surface area contributed by atoms with E-state index in [1.807, 2.05) is 6.07 Å². The summed E-state index contributed by atoms with van der Waals surface area (Å²) in [6.07, 6.45) is 0. The first-order valence-electron chi connectivity index (χ1n) is 6.71. The quantitative estimate of drug-likeness (QED) is 0.614. The molecular formula is C14H16BNO5. The molecule has 0 amide bonds. The number of benzene rings is 1. The summed E-state index contributed by atoms with van der Waals surface area (Å²) >= 11 is 0. The van der Waals surface area contributed by atoms with Gasteiger partial charge in [0.05, 0.1) is 12.5 Å². The van der Waals surface area contributed by atoms with Crippen LogP contribution >= 0.6 is 0 Å². The molecule has 2 aromatic rings. The first kappa shape index (κ1) is 14.1. The Bertz CT molecular complexity index is 671. The molecule has 1 aliphatic heterocycles. The normalized spacial score (nSPS) is 18.0. The first-order chi connectivity index (χ1) is 10.00. The largest absolute Gasteiger partial charge is 0.493 e. The van der Waals surface area contributed by atoms with Crippen molar-refractivity contribution in [2.75, 3.05) is 20.3 Å². The highest BCUT2D eigenvalue weighted by molar-refractivity contribution is 6.61. The second kappa shape index (κ2) is 5.16. The second-order valence-corrected chi connectivity index (χ2v) is 5.90. The molecule has 21 heavy (non-hydrogen) atoms. The fourth-order valence-electron chi connectivity index (χ4n) is 2.23. The van der Waals surface area contributed by atoms with E-state index in [2.05, 4.69) is 23.7 Å². The molecule has 0 aliphatic carbocycles. The van der Waals surface area contributed by atoms with Gasteiger partial charge >= 0.3 is 13.1 Å². The first-order valence-corrected chi connectivity index (χ1v) is 6.71. The maximum atomic E-state index is 11.5. The van der Waals surface area contributed by atoms with Crippen LogP contribution in [0.1, 0.15) is 24.4 Å². The lowest BCUT2D eigenvalue weighted by atomic mass is 9.75. The van der Waals surface area contributed by atoms with E-state index in [1.165, 1.54) is 7.11 Å². The van der Waals surface area contributed by atoms with Crippen molar-refractivity contribution < 1.29 is 23.4 Å². The topological polar surface area (TPSA) is 70.8 Å². The zero-order chi connectivity index (χ0) is 15.0. The summed E-state index contributed by atoms with van der Waals surface area (Å²) in [5.74, 6) is -0.442. The van der Waals surface area contributed by atoms with Gasteiger partial charge in [-0.1, -0.05) is 25.1 Å². The van der Waals surface area contributed by atoms with E-state index in [1.54, 1.807) is 12.1 Å². The Labute approximate surface area is 122 Å². The predicted octanol–water partition coefficient (Wildman–Crippen LogP) is 1.38. The summed E-state index contributed by atoms with van der Waals surface area (Å²) < 4.78 is 21.1. The summed E-state index contributed by atoms with van der Waals surface area (Å²) in [7, 11) is 0.886. The van der Waals surface area contributed by atoms with Crippen molar-refractivity contribution in [3.63, 3.8) is 0 Å². The van der Waals surface area contributed by atoms with Crippen LogP contribution < -0.4 is 5.46 Å². The van der Waals surface area contributed by atoms with Crippen LogP contribution in [0.25, 0.3) is 10.9 Å².